The molecule has 1 aromatic carbocycles. The van der Waals surface area contributed by atoms with E-state index in [1.54, 1.807) is 7.11 Å². The van der Waals surface area contributed by atoms with Gasteiger partial charge in [-0.3, -0.25) is 9.69 Å². The molecule has 0 radical (unpaired) electrons. The van der Waals surface area contributed by atoms with E-state index in [1.807, 2.05) is 29.2 Å². The van der Waals surface area contributed by atoms with Crippen molar-refractivity contribution in [2.24, 2.45) is 0 Å². The number of hydrogen-bond acceptors (Lipinski definition) is 3. The molecule has 2 atom stereocenters. The third kappa shape index (κ3) is 3.19. The second-order valence-corrected chi connectivity index (χ2v) is 5.23. The van der Waals surface area contributed by atoms with Gasteiger partial charge in [-0.05, 0) is 25.5 Å². The molecule has 1 N–H and O–H groups in total. The monoisotopic (exact) mass is 283 g/mol. The molecule has 5 heteroatoms. The second kappa shape index (κ2) is 6.26. The highest BCUT2D eigenvalue weighted by atomic mass is 35.5. The Labute approximate surface area is 117 Å². The average Bonchev–Trinajstić information content (AvgIpc) is 2.87. The van der Waals surface area contributed by atoms with Gasteiger partial charge in [-0.1, -0.05) is 18.2 Å². The van der Waals surface area contributed by atoms with Crippen LogP contribution in [0.15, 0.2) is 24.3 Å². The van der Waals surface area contributed by atoms with Crippen LogP contribution in [0.5, 0.6) is 5.75 Å². The minimum atomic E-state index is -0.763. The molecular formula is C14H18ClNO3. The van der Waals surface area contributed by atoms with E-state index in [2.05, 4.69) is 0 Å². The smallest absolute Gasteiger partial charge is 0.320 e. The van der Waals surface area contributed by atoms with E-state index >= 15 is 0 Å². The van der Waals surface area contributed by atoms with Crippen LogP contribution < -0.4 is 4.74 Å². The number of ether oxygens (including phenoxy) is 1. The highest BCUT2D eigenvalue weighted by Gasteiger charge is 2.32. The number of carboxylic acids is 1. The number of hydrogen-bond donors (Lipinski definition) is 1. The zero-order valence-electron chi connectivity index (χ0n) is 10.9. The van der Waals surface area contributed by atoms with Gasteiger partial charge in [0.25, 0.3) is 0 Å². The highest BCUT2D eigenvalue weighted by molar-refractivity contribution is 6.21. The van der Waals surface area contributed by atoms with Gasteiger partial charge in [0.1, 0.15) is 11.8 Å². The van der Waals surface area contributed by atoms with Gasteiger partial charge in [0, 0.05) is 12.1 Å². The number of likely N-dealkylation sites (tertiary alicyclic amines) is 1. The van der Waals surface area contributed by atoms with Crippen LogP contribution in [0.3, 0.4) is 0 Å². The summed E-state index contributed by atoms with van der Waals surface area (Å²) in [6, 6.07) is 7.18. The molecular weight excluding hydrogens is 266 g/mol. The van der Waals surface area contributed by atoms with Crippen molar-refractivity contribution < 1.29 is 14.6 Å². The molecule has 1 saturated heterocycles. The molecule has 2 unspecified atom stereocenters. The summed E-state index contributed by atoms with van der Waals surface area (Å²) in [5.74, 6) is -0.0186. The molecule has 19 heavy (non-hydrogen) atoms. The van der Waals surface area contributed by atoms with Crippen molar-refractivity contribution in [3.05, 3.63) is 29.8 Å². The second-order valence-electron chi connectivity index (χ2n) is 4.70. The molecule has 0 aromatic heterocycles. The molecule has 0 amide bonds. The molecule has 1 aliphatic rings. The summed E-state index contributed by atoms with van der Waals surface area (Å²) < 4.78 is 5.29. The summed E-state index contributed by atoms with van der Waals surface area (Å²) in [6.45, 7) is 1.31. The molecule has 1 heterocycles. The minimum Gasteiger partial charge on any atom is -0.496 e. The number of alkyl halides is 1. The molecule has 0 saturated carbocycles. The summed E-state index contributed by atoms with van der Waals surface area (Å²) >= 11 is 6.43. The SMILES string of the molecule is COc1ccccc1C(Cl)CN1CCCC1C(=O)O. The number of nitrogens with zero attached hydrogens (tertiary/aromatic N) is 1. The molecule has 1 aromatic rings. The normalized spacial score (nSPS) is 21.3. The van der Waals surface area contributed by atoms with Crippen LogP contribution >= 0.6 is 11.6 Å². The van der Waals surface area contributed by atoms with Crippen molar-refractivity contribution in [1.82, 2.24) is 4.90 Å². The van der Waals surface area contributed by atoms with E-state index < -0.39 is 12.0 Å². The predicted molar refractivity (Wildman–Crippen MR) is 73.8 cm³/mol. The molecule has 104 valence electrons. The molecule has 0 aliphatic carbocycles. The quantitative estimate of drug-likeness (QED) is 0.844. The number of methoxy groups -OCH3 is 1. The van der Waals surface area contributed by atoms with E-state index in [1.165, 1.54) is 0 Å². The third-order valence-electron chi connectivity index (χ3n) is 3.52. The first-order chi connectivity index (χ1) is 9.13. The Balaban J connectivity index is 2.08. The van der Waals surface area contributed by atoms with Crippen LogP contribution in [0, 0.1) is 0 Å². The fraction of sp³-hybridized carbons (Fsp3) is 0.500. The molecule has 1 fully saturated rings. The Morgan fingerprint density at radius 1 is 1.58 bits per heavy atom. The average molecular weight is 284 g/mol. The fourth-order valence-electron chi connectivity index (χ4n) is 2.55. The first kappa shape index (κ1) is 14.2. The van der Waals surface area contributed by atoms with Crippen LogP contribution in [-0.4, -0.2) is 42.2 Å². The molecule has 4 nitrogen and oxygen atoms in total. The van der Waals surface area contributed by atoms with Gasteiger partial charge in [-0.25, -0.2) is 0 Å². The lowest BCUT2D eigenvalue weighted by atomic mass is 10.1. The van der Waals surface area contributed by atoms with Gasteiger partial charge >= 0.3 is 5.97 Å². The standard InChI is InChI=1S/C14H18ClNO3/c1-19-13-7-3-2-5-10(13)11(15)9-16-8-4-6-12(16)14(17)18/h2-3,5,7,11-12H,4,6,8-9H2,1H3,(H,17,18). The van der Waals surface area contributed by atoms with E-state index in [9.17, 15) is 4.79 Å². The van der Waals surface area contributed by atoms with Gasteiger partial charge in [0.2, 0.25) is 0 Å². The Kier molecular flexibility index (Phi) is 4.66. The summed E-state index contributed by atoms with van der Waals surface area (Å²) in [4.78, 5) is 13.1. The molecule has 0 bridgehead atoms. The van der Waals surface area contributed by atoms with Crippen LogP contribution in [0.25, 0.3) is 0 Å². The van der Waals surface area contributed by atoms with Gasteiger partial charge < -0.3 is 9.84 Å². The van der Waals surface area contributed by atoms with Gasteiger partial charge in [-0.2, -0.15) is 0 Å². The Morgan fingerprint density at radius 2 is 2.32 bits per heavy atom. The maximum atomic E-state index is 11.1. The Bertz CT molecular complexity index is 452. The Morgan fingerprint density at radius 3 is 3.00 bits per heavy atom. The van der Waals surface area contributed by atoms with Crippen LogP contribution in [0.4, 0.5) is 0 Å². The number of aliphatic carboxylic acids is 1. The van der Waals surface area contributed by atoms with Crippen LogP contribution in [0.2, 0.25) is 0 Å². The van der Waals surface area contributed by atoms with E-state index in [0.29, 0.717) is 13.0 Å². The minimum absolute atomic E-state index is 0.268. The highest BCUT2D eigenvalue weighted by Crippen LogP contribution is 2.32. The lowest BCUT2D eigenvalue weighted by Crippen LogP contribution is -2.37. The van der Waals surface area contributed by atoms with E-state index in [-0.39, 0.29) is 5.38 Å². The first-order valence-corrected chi connectivity index (χ1v) is 6.81. The van der Waals surface area contributed by atoms with Crippen molar-refractivity contribution in [2.75, 3.05) is 20.2 Å². The van der Waals surface area contributed by atoms with Crippen LogP contribution in [0.1, 0.15) is 23.8 Å². The number of carboxylic acid groups (broad SMARTS) is 1. The predicted octanol–water partition coefficient (Wildman–Crippen LogP) is 2.52. The van der Waals surface area contributed by atoms with Crippen molar-refractivity contribution in [2.45, 2.75) is 24.3 Å². The van der Waals surface area contributed by atoms with Crippen LogP contribution in [-0.2, 0) is 4.79 Å². The summed E-state index contributed by atoms with van der Waals surface area (Å²) in [5, 5.41) is 8.89. The van der Waals surface area contributed by atoms with Gasteiger partial charge in [0.05, 0.1) is 12.5 Å². The molecule has 0 spiro atoms. The molecule has 2 rings (SSSR count). The lowest BCUT2D eigenvalue weighted by Gasteiger charge is -2.24. The lowest BCUT2D eigenvalue weighted by molar-refractivity contribution is -0.142. The maximum Gasteiger partial charge on any atom is 0.320 e. The topological polar surface area (TPSA) is 49.8 Å². The van der Waals surface area contributed by atoms with E-state index in [4.69, 9.17) is 21.4 Å². The largest absolute Gasteiger partial charge is 0.496 e. The summed E-state index contributed by atoms with van der Waals surface area (Å²) in [7, 11) is 1.61. The number of carbonyl (C=O) groups is 1. The zero-order valence-corrected chi connectivity index (χ0v) is 11.6. The number of halogens is 1. The number of rotatable bonds is 5. The van der Waals surface area contributed by atoms with Gasteiger partial charge in [0.15, 0.2) is 0 Å². The maximum absolute atomic E-state index is 11.1. The van der Waals surface area contributed by atoms with Crippen molar-refractivity contribution in [3.8, 4) is 5.75 Å². The number of benzene rings is 1. The zero-order chi connectivity index (χ0) is 13.8. The third-order valence-corrected chi connectivity index (χ3v) is 3.89. The molecule has 1 aliphatic heterocycles. The Hall–Kier alpha value is -1.26. The van der Waals surface area contributed by atoms with Crippen molar-refractivity contribution >= 4 is 17.6 Å². The summed E-state index contributed by atoms with van der Waals surface area (Å²) in [6.07, 6.45) is 1.61. The fourth-order valence-corrected chi connectivity index (χ4v) is 2.91. The van der Waals surface area contributed by atoms with Crippen molar-refractivity contribution in [3.63, 3.8) is 0 Å². The van der Waals surface area contributed by atoms with E-state index in [0.717, 1.165) is 24.3 Å². The first-order valence-electron chi connectivity index (χ1n) is 6.37. The van der Waals surface area contributed by atoms with Crippen molar-refractivity contribution in [1.29, 1.82) is 0 Å². The van der Waals surface area contributed by atoms with Gasteiger partial charge in [-0.15, -0.1) is 11.6 Å². The summed E-state index contributed by atoms with van der Waals surface area (Å²) in [5.41, 5.74) is 0.905. The number of para-hydroxylation sites is 1.